The van der Waals surface area contributed by atoms with Gasteiger partial charge in [-0.2, -0.15) is 13.2 Å². The fraction of sp³-hybridized carbons (Fsp3) is 0.571. The Morgan fingerprint density at radius 2 is 2.10 bits per heavy atom. The lowest BCUT2D eigenvalue weighted by Crippen LogP contribution is -2.42. The largest absolute Gasteiger partial charge is 0.415 e. The summed E-state index contributed by atoms with van der Waals surface area (Å²) in [5, 5.41) is 20.1. The summed E-state index contributed by atoms with van der Waals surface area (Å²) in [5.41, 5.74) is -0.251. The van der Waals surface area contributed by atoms with Gasteiger partial charge in [0.1, 0.15) is 0 Å². The molecule has 1 aliphatic rings. The number of aliphatic hydroxyl groups is 2. The van der Waals surface area contributed by atoms with E-state index in [1.54, 1.807) is 18.2 Å². The molecule has 21 heavy (non-hydrogen) atoms. The summed E-state index contributed by atoms with van der Waals surface area (Å²) < 4.78 is 37.0. The highest BCUT2D eigenvalue weighted by atomic mass is 35.5. The summed E-state index contributed by atoms with van der Waals surface area (Å²) >= 11 is 5.87. The number of β-amino-alcohol motifs (C(OH)–C–C–N with tert-alkyl or cyclic N) is 2. The van der Waals surface area contributed by atoms with Gasteiger partial charge in [-0.25, -0.2) is 0 Å². The Bertz CT molecular complexity index is 497. The van der Waals surface area contributed by atoms with Gasteiger partial charge in [-0.3, -0.25) is 4.90 Å². The van der Waals surface area contributed by atoms with Crippen molar-refractivity contribution in [2.75, 3.05) is 19.6 Å². The standard InChI is InChI=1S/C14H17ClF3NO2/c15-11-3-1-2-10(6-11)7-13(21)4-5-19(9-13)8-12(20)14(16,17)18/h1-3,6,12,20-21H,4-5,7-9H2/t12-,13+/m0/s1. The number of benzene rings is 1. The number of hydrogen-bond donors (Lipinski definition) is 2. The molecule has 0 saturated carbocycles. The molecule has 1 fully saturated rings. The number of rotatable bonds is 4. The van der Waals surface area contributed by atoms with E-state index in [9.17, 15) is 18.3 Å². The molecule has 118 valence electrons. The van der Waals surface area contributed by atoms with Gasteiger partial charge < -0.3 is 10.2 Å². The Kier molecular flexibility index (Phi) is 4.82. The second-order valence-electron chi connectivity index (χ2n) is 5.57. The van der Waals surface area contributed by atoms with Gasteiger partial charge in [0.2, 0.25) is 0 Å². The maximum atomic E-state index is 12.3. The molecule has 1 aromatic carbocycles. The SMILES string of the molecule is O[C@@H](CN1CC[C@@](O)(Cc2cccc(Cl)c2)C1)C(F)(F)F. The van der Waals surface area contributed by atoms with Crippen LogP contribution in [0.2, 0.25) is 5.02 Å². The summed E-state index contributed by atoms with van der Waals surface area (Å²) in [6.45, 7) is -0.0851. The first-order valence-corrected chi connectivity index (χ1v) is 7.00. The number of halogens is 4. The molecule has 0 spiro atoms. The van der Waals surface area contributed by atoms with Crippen LogP contribution in [0.5, 0.6) is 0 Å². The average molecular weight is 324 g/mol. The normalized spacial score (nSPS) is 25.2. The van der Waals surface area contributed by atoms with Crippen molar-refractivity contribution in [1.29, 1.82) is 0 Å². The third kappa shape index (κ3) is 4.57. The Morgan fingerprint density at radius 1 is 1.38 bits per heavy atom. The summed E-state index contributed by atoms with van der Waals surface area (Å²) in [7, 11) is 0. The van der Waals surface area contributed by atoms with E-state index in [0.717, 1.165) is 5.56 Å². The second-order valence-corrected chi connectivity index (χ2v) is 6.01. The highest BCUT2D eigenvalue weighted by Crippen LogP contribution is 2.28. The van der Waals surface area contributed by atoms with Gasteiger partial charge in [0, 0.05) is 31.1 Å². The summed E-state index contributed by atoms with van der Waals surface area (Å²) in [6, 6.07) is 7.03. The zero-order chi connectivity index (χ0) is 15.7. The number of hydrogen-bond acceptors (Lipinski definition) is 3. The van der Waals surface area contributed by atoms with E-state index in [0.29, 0.717) is 24.4 Å². The highest BCUT2D eigenvalue weighted by Gasteiger charge is 2.43. The van der Waals surface area contributed by atoms with Crippen LogP contribution >= 0.6 is 11.6 Å². The van der Waals surface area contributed by atoms with Gasteiger partial charge in [0.15, 0.2) is 6.10 Å². The van der Waals surface area contributed by atoms with E-state index in [2.05, 4.69) is 0 Å². The van der Waals surface area contributed by atoms with Crippen molar-refractivity contribution in [1.82, 2.24) is 4.90 Å². The van der Waals surface area contributed by atoms with Crippen molar-refractivity contribution in [2.45, 2.75) is 30.7 Å². The van der Waals surface area contributed by atoms with Crippen molar-refractivity contribution < 1.29 is 23.4 Å². The molecule has 0 radical (unpaired) electrons. The molecular weight excluding hydrogens is 307 g/mol. The molecule has 1 heterocycles. The molecule has 0 amide bonds. The predicted octanol–water partition coefficient (Wildman–Crippen LogP) is 2.24. The van der Waals surface area contributed by atoms with E-state index in [1.807, 2.05) is 6.07 Å². The molecule has 2 atom stereocenters. The summed E-state index contributed by atoms with van der Waals surface area (Å²) in [5.74, 6) is 0. The minimum atomic E-state index is -4.63. The van der Waals surface area contributed by atoms with Gasteiger partial charge >= 0.3 is 6.18 Å². The maximum Gasteiger partial charge on any atom is 0.415 e. The lowest BCUT2D eigenvalue weighted by Gasteiger charge is -2.25. The fourth-order valence-corrected chi connectivity index (χ4v) is 2.83. The van der Waals surface area contributed by atoms with Gasteiger partial charge in [0.25, 0.3) is 0 Å². The molecule has 0 bridgehead atoms. The fourth-order valence-electron chi connectivity index (χ4n) is 2.62. The minimum Gasteiger partial charge on any atom is -0.388 e. The molecule has 1 aliphatic heterocycles. The van der Waals surface area contributed by atoms with E-state index < -0.39 is 24.4 Å². The minimum absolute atomic E-state index is 0.104. The third-order valence-electron chi connectivity index (χ3n) is 3.64. The van der Waals surface area contributed by atoms with Crippen LogP contribution in [-0.4, -0.2) is 52.6 Å². The van der Waals surface area contributed by atoms with Gasteiger partial charge in [-0.1, -0.05) is 23.7 Å². The molecule has 3 nitrogen and oxygen atoms in total. The van der Waals surface area contributed by atoms with E-state index in [4.69, 9.17) is 16.7 Å². The summed E-state index contributed by atoms with van der Waals surface area (Å²) in [6.07, 6.45) is -6.32. The van der Waals surface area contributed by atoms with Crippen molar-refractivity contribution in [2.24, 2.45) is 0 Å². The molecule has 2 N–H and O–H groups in total. The quantitative estimate of drug-likeness (QED) is 0.893. The Hall–Kier alpha value is -0.820. The lowest BCUT2D eigenvalue weighted by molar-refractivity contribution is -0.207. The molecule has 1 saturated heterocycles. The molecule has 2 rings (SSSR count). The van der Waals surface area contributed by atoms with Gasteiger partial charge in [0.05, 0.1) is 5.60 Å². The van der Waals surface area contributed by atoms with Crippen molar-refractivity contribution in [3.63, 3.8) is 0 Å². The summed E-state index contributed by atoms with van der Waals surface area (Å²) in [4.78, 5) is 1.43. The lowest BCUT2D eigenvalue weighted by atomic mass is 9.94. The molecule has 1 aromatic rings. The first-order valence-electron chi connectivity index (χ1n) is 6.62. The van der Waals surface area contributed by atoms with Gasteiger partial charge in [-0.05, 0) is 24.1 Å². The average Bonchev–Trinajstić information content (AvgIpc) is 2.69. The highest BCUT2D eigenvalue weighted by molar-refractivity contribution is 6.30. The van der Waals surface area contributed by atoms with E-state index >= 15 is 0 Å². The monoisotopic (exact) mass is 323 g/mol. The van der Waals surface area contributed by atoms with Crippen LogP contribution in [0.25, 0.3) is 0 Å². The van der Waals surface area contributed by atoms with Crippen molar-refractivity contribution in [3.8, 4) is 0 Å². The third-order valence-corrected chi connectivity index (χ3v) is 3.88. The first kappa shape index (κ1) is 16.5. The van der Waals surface area contributed by atoms with E-state index in [1.165, 1.54) is 4.90 Å². The zero-order valence-electron chi connectivity index (χ0n) is 11.3. The first-order chi connectivity index (χ1) is 9.68. The maximum absolute atomic E-state index is 12.3. The zero-order valence-corrected chi connectivity index (χ0v) is 12.0. The molecule has 0 unspecified atom stereocenters. The van der Waals surface area contributed by atoms with Crippen LogP contribution in [0.3, 0.4) is 0 Å². The Balaban J connectivity index is 1.94. The molecule has 0 aromatic heterocycles. The molecule has 0 aliphatic carbocycles. The number of likely N-dealkylation sites (tertiary alicyclic amines) is 1. The van der Waals surface area contributed by atoms with E-state index in [-0.39, 0.29) is 6.54 Å². The molecule has 7 heteroatoms. The Morgan fingerprint density at radius 3 is 2.71 bits per heavy atom. The van der Waals surface area contributed by atoms with Crippen LogP contribution in [0.15, 0.2) is 24.3 Å². The second kappa shape index (κ2) is 6.12. The van der Waals surface area contributed by atoms with Crippen LogP contribution < -0.4 is 0 Å². The van der Waals surface area contributed by atoms with Gasteiger partial charge in [-0.15, -0.1) is 0 Å². The van der Waals surface area contributed by atoms with Crippen LogP contribution in [-0.2, 0) is 6.42 Å². The number of aliphatic hydroxyl groups excluding tert-OH is 1. The van der Waals surface area contributed by atoms with Crippen LogP contribution in [0, 0.1) is 0 Å². The number of alkyl halides is 3. The topological polar surface area (TPSA) is 43.7 Å². The van der Waals surface area contributed by atoms with Crippen molar-refractivity contribution >= 4 is 11.6 Å². The predicted molar refractivity (Wildman–Crippen MR) is 73.2 cm³/mol. The molecular formula is C14H17ClF3NO2. The van der Waals surface area contributed by atoms with Crippen molar-refractivity contribution in [3.05, 3.63) is 34.9 Å². The van der Waals surface area contributed by atoms with Crippen LogP contribution in [0.1, 0.15) is 12.0 Å². The Labute approximate surface area is 125 Å². The van der Waals surface area contributed by atoms with Crippen LogP contribution in [0.4, 0.5) is 13.2 Å². The number of nitrogens with zero attached hydrogens (tertiary/aromatic N) is 1. The smallest absolute Gasteiger partial charge is 0.388 e.